The number of pyridine rings is 1. The van der Waals surface area contributed by atoms with E-state index in [-0.39, 0.29) is 11.9 Å². The van der Waals surface area contributed by atoms with Crippen LogP contribution in [0.15, 0.2) is 18.5 Å². The number of aryl methyl sites for hydroxylation is 1. The number of carbonyl (C=O) groups is 1. The fourth-order valence-corrected chi connectivity index (χ4v) is 3.40. The second-order valence-electron chi connectivity index (χ2n) is 5.90. The van der Waals surface area contributed by atoms with Crippen LogP contribution < -0.4 is 5.32 Å². The molecule has 7 nitrogen and oxygen atoms in total. The van der Waals surface area contributed by atoms with E-state index in [0.29, 0.717) is 6.54 Å². The van der Waals surface area contributed by atoms with Crippen LogP contribution in [0.4, 0.5) is 4.79 Å². The Morgan fingerprint density at radius 1 is 1.43 bits per heavy atom. The maximum atomic E-state index is 11.9. The van der Waals surface area contributed by atoms with Crippen molar-refractivity contribution in [2.75, 3.05) is 20.1 Å². The number of urea groups is 1. The molecule has 0 bridgehead atoms. The Morgan fingerprint density at radius 3 is 3.13 bits per heavy atom. The zero-order chi connectivity index (χ0) is 16.0. The zero-order valence-electron chi connectivity index (χ0n) is 13.1. The van der Waals surface area contributed by atoms with E-state index in [9.17, 15) is 4.79 Å². The van der Waals surface area contributed by atoms with Crippen molar-refractivity contribution in [1.29, 1.82) is 0 Å². The van der Waals surface area contributed by atoms with Crippen molar-refractivity contribution in [2.45, 2.75) is 19.3 Å². The Labute approximate surface area is 133 Å². The number of amides is 2. The molecule has 4 rings (SSSR count). The number of hydrogen-bond donors (Lipinski definition) is 2. The van der Waals surface area contributed by atoms with Gasteiger partial charge in [0.25, 0.3) is 0 Å². The Bertz CT molecular complexity index is 902. The number of nitrogens with one attached hydrogen (secondary N) is 2. The maximum Gasteiger partial charge on any atom is 0.317 e. The number of aromatic amines is 1. The van der Waals surface area contributed by atoms with Crippen LogP contribution in [-0.2, 0) is 0 Å². The number of H-pyrrole nitrogens is 1. The number of carbonyl (C=O) groups excluding carboxylic acids is 1. The van der Waals surface area contributed by atoms with Crippen LogP contribution in [-0.4, -0.2) is 51.0 Å². The molecule has 118 valence electrons. The van der Waals surface area contributed by atoms with Crippen molar-refractivity contribution in [3.63, 3.8) is 0 Å². The van der Waals surface area contributed by atoms with E-state index >= 15 is 0 Å². The quantitative estimate of drug-likeness (QED) is 0.719. The highest BCUT2D eigenvalue weighted by Gasteiger charge is 2.30. The first-order chi connectivity index (χ1) is 11.2. The average Bonchev–Trinajstić information content (AvgIpc) is 3.21. The number of rotatable bonds is 1. The first-order valence-electron chi connectivity index (χ1n) is 7.74. The van der Waals surface area contributed by atoms with E-state index in [4.69, 9.17) is 4.98 Å². The summed E-state index contributed by atoms with van der Waals surface area (Å²) in [7, 11) is 1.66. The van der Waals surface area contributed by atoms with Crippen molar-refractivity contribution in [2.24, 2.45) is 0 Å². The number of nitrogens with zero attached hydrogens (tertiary/aromatic N) is 4. The molecule has 4 heterocycles. The predicted molar refractivity (Wildman–Crippen MR) is 87.3 cm³/mol. The molecule has 0 spiro atoms. The first kappa shape index (κ1) is 13.9. The fraction of sp³-hybridized carbons (Fsp3) is 0.375. The lowest BCUT2D eigenvalue weighted by Crippen LogP contribution is -2.36. The molecular formula is C16H18N6O. The van der Waals surface area contributed by atoms with E-state index in [1.807, 2.05) is 24.1 Å². The van der Waals surface area contributed by atoms with Crippen LogP contribution in [0.25, 0.3) is 21.9 Å². The second-order valence-corrected chi connectivity index (χ2v) is 5.90. The van der Waals surface area contributed by atoms with Gasteiger partial charge in [0.2, 0.25) is 0 Å². The number of likely N-dealkylation sites (tertiary alicyclic amines) is 1. The third-order valence-corrected chi connectivity index (χ3v) is 4.46. The lowest BCUT2D eigenvalue weighted by molar-refractivity contribution is 0.210. The van der Waals surface area contributed by atoms with Crippen LogP contribution in [0.5, 0.6) is 0 Å². The Balaban J connectivity index is 1.86. The molecule has 0 aromatic carbocycles. The van der Waals surface area contributed by atoms with Gasteiger partial charge in [0.1, 0.15) is 11.5 Å². The molecule has 2 N–H and O–H groups in total. The standard InChI is InChI=1S/C16H18N6O/c1-9-20-12-7-19-15-11(3-5-18-15)13(12)14(21-9)10-4-6-22(8-10)16(23)17-2/h3,5,7,10H,4,6,8H2,1-2H3,(H,17,23)(H,18,19). The van der Waals surface area contributed by atoms with Crippen molar-refractivity contribution in [3.8, 4) is 0 Å². The Kier molecular flexibility index (Phi) is 3.14. The molecule has 1 atom stereocenters. The highest BCUT2D eigenvalue weighted by molar-refractivity contribution is 6.04. The van der Waals surface area contributed by atoms with E-state index in [1.165, 1.54) is 0 Å². The molecule has 1 aliphatic rings. The fourth-order valence-electron chi connectivity index (χ4n) is 3.40. The van der Waals surface area contributed by atoms with Gasteiger partial charge in [-0.15, -0.1) is 0 Å². The van der Waals surface area contributed by atoms with Gasteiger partial charge in [-0.05, 0) is 19.4 Å². The summed E-state index contributed by atoms with van der Waals surface area (Å²) in [6, 6.07) is 1.98. The van der Waals surface area contributed by atoms with Crippen molar-refractivity contribution in [1.82, 2.24) is 30.2 Å². The van der Waals surface area contributed by atoms with Crippen LogP contribution in [0.2, 0.25) is 0 Å². The summed E-state index contributed by atoms with van der Waals surface area (Å²) < 4.78 is 0. The van der Waals surface area contributed by atoms with E-state index in [2.05, 4.69) is 20.3 Å². The van der Waals surface area contributed by atoms with Crippen LogP contribution in [0, 0.1) is 6.92 Å². The van der Waals surface area contributed by atoms with E-state index < -0.39 is 0 Å². The zero-order valence-corrected chi connectivity index (χ0v) is 13.1. The van der Waals surface area contributed by atoms with Gasteiger partial charge in [-0.1, -0.05) is 0 Å². The SMILES string of the molecule is CNC(=O)N1CCC(c2nc(C)nc3cnc4[nH]ccc4c23)C1. The van der Waals surface area contributed by atoms with Gasteiger partial charge < -0.3 is 15.2 Å². The molecule has 1 aliphatic heterocycles. The summed E-state index contributed by atoms with van der Waals surface area (Å²) in [5.74, 6) is 0.958. The largest absolute Gasteiger partial charge is 0.346 e. The van der Waals surface area contributed by atoms with Gasteiger partial charge in [-0.25, -0.2) is 19.7 Å². The predicted octanol–water partition coefficient (Wildman–Crippen LogP) is 1.94. The van der Waals surface area contributed by atoms with Crippen LogP contribution >= 0.6 is 0 Å². The Hall–Kier alpha value is -2.70. The lowest BCUT2D eigenvalue weighted by Gasteiger charge is -2.16. The van der Waals surface area contributed by atoms with Crippen molar-refractivity contribution >= 4 is 28.0 Å². The minimum atomic E-state index is -0.0314. The molecule has 23 heavy (non-hydrogen) atoms. The van der Waals surface area contributed by atoms with E-state index in [1.54, 1.807) is 13.2 Å². The molecule has 1 fully saturated rings. The topological polar surface area (TPSA) is 86.8 Å². The molecule has 0 saturated carbocycles. The van der Waals surface area contributed by atoms with Gasteiger partial charge >= 0.3 is 6.03 Å². The second kappa shape index (κ2) is 5.19. The molecular weight excluding hydrogens is 292 g/mol. The number of hydrogen-bond acceptors (Lipinski definition) is 4. The normalized spacial score (nSPS) is 18.0. The number of fused-ring (bicyclic) bond motifs is 3. The summed E-state index contributed by atoms with van der Waals surface area (Å²) in [6.07, 6.45) is 4.58. The van der Waals surface area contributed by atoms with Crippen molar-refractivity contribution in [3.05, 3.63) is 30.0 Å². The van der Waals surface area contributed by atoms with Gasteiger partial charge in [0.05, 0.1) is 17.4 Å². The highest BCUT2D eigenvalue weighted by atomic mass is 16.2. The monoisotopic (exact) mass is 310 g/mol. The average molecular weight is 310 g/mol. The first-order valence-corrected chi connectivity index (χ1v) is 7.74. The van der Waals surface area contributed by atoms with Gasteiger partial charge in [-0.3, -0.25) is 0 Å². The number of aromatic nitrogens is 4. The summed E-state index contributed by atoms with van der Waals surface area (Å²) in [5, 5.41) is 4.78. The minimum absolute atomic E-state index is 0.0314. The highest BCUT2D eigenvalue weighted by Crippen LogP contribution is 2.33. The summed E-state index contributed by atoms with van der Waals surface area (Å²) in [6.45, 7) is 3.32. The third-order valence-electron chi connectivity index (χ3n) is 4.46. The van der Waals surface area contributed by atoms with Crippen LogP contribution in [0.3, 0.4) is 0 Å². The van der Waals surface area contributed by atoms with Crippen molar-refractivity contribution < 1.29 is 4.79 Å². The molecule has 2 amide bonds. The maximum absolute atomic E-state index is 11.9. The molecule has 1 unspecified atom stereocenters. The summed E-state index contributed by atoms with van der Waals surface area (Å²) in [5.41, 5.74) is 2.72. The summed E-state index contributed by atoms with van der Waals surface area (Å²) in [4.78, 5) is 30.5. The van der Waals surface area contributed by atoms with Crippen LogP contribution in [0.1, 0.15) is 23.9 Å². The molecule has 7 heteroatoms. The molecule has 1 saturated heterocycles. The van der Waals surface area contributed by atoms with Gasteiger partial charge in [0.15, 0.2) is 0 Å². The molecule has 3 aromatic heterocycles. The van der Waals surface area contributed by atoms with E-state index in [0.717, 1.165) is 46.4 Å². The summed E-state index contributed by atoms with van der Waals surface area (Å²) >= 11 is 0. The van der Waals surface area contributed by atoms with Gasteiger partial charge in [-0.2, -0.15) is 0 Å². The smallest absolute Gasteiger partial charge is 0.317 e. The molecule has 0 aliphatic carbocycles. The molecule has 3 aromatic rings. The lowest BCUT2D eigenvalue weighted by atomic mass is 9.99. The third kappa shape index (κ3) is 2.19. The minimum Gasteiger partial charge on any atom is -0.346 e. The van der Waals surface area contributed by atoms with Gasteiger partial charge in [0, 0.05) is 43.0 Å². The Morgan fingerprint density at radius 2 is 2.30 bits per heavy atom. The molecule has 0 radical (unpaired) electrons.